The zero-order chi connectivity index (χ0) is 17.7. The van der Waals surface area contributed by atoms with Crippen molar-refractivity contribution in [3.8, 4) is 0 Å². The summed E-state index contributed by atoms with van der Waals surface area (Å²) in [6.45, 7) is 12.6. The van der Waals surface area contributed by atoms with Gasteiger partial charge in [-0.15, -0.1) is 0 Å². The second kappa shape index (κ2) is 8.87. The molecule has 0 spiro atoms. The van der Waals surface area contributed by atoms with Crippen LogP contribution >= 0.6 is 0 Å². The molecule has 2 fully saturated rings. The smallest absolute Gasteiger partial charge is 0.222 e. The molecule has 2 saturated heterocycles. The van der Waals surface area contributed by atoms with Crippen LogP contribution in [0, 0.1) is 23.7 Å². The first-order chi connectivity index (χ1) is 11.3. The number of rotatable bonds is 5. The Morgan fingerprint density at radius 1 is 0.667 bits per heavy atom. The van der Waals surface area contributed by atoms with E-state index in [9.17, 15) is 9.59 Å². The molecule has 138 valence electrons. The molecule has 4 heteroatoms. The largest absolute Gasteiger partial charge is 0.342 e. The zero-order valence-electron chi connectivity index (χ0n) is 16.1. The predicted octanol–water partition coefficient (Wildman–Crippen LogP) is 3.56. The molecule has 4 atom stereocenters. The Balaban J connectivity index is 1.65. The number of piperidine rings is 2. The van der Waals surface area contributed by atoms with E-state index >= 15 is 0 Å². The molecule has 0 aromatic heterocycles. The fourth-order valence-electron chi connectivity index (χ4n) is 4.60. The van der Waals surface area contributed by atoms with Gasteiger partial charge in [-0.2, -0.15) is 0 Å². The summed E-state index contributed by atoms with van der Waals surface area (Å²) in [4.78, 5) is 28.8. The summed E-state index contributed by atoms with van der Waals surface area (Å²) in [7, 11) is 0. The molecular weight excluding hydrogens is 300 g/mol. The SMILES string of the molecule is C[C@@H]1C[C@@H](C)CN(C(=O)CCCCC(=O)N2C[C@H](C)C[C@@H](C)C2)C1. The Kier molecular flexibility index (Phi) is 7.12. The van der Waals surface area contributed by atoms with E-state index in [1.807, 2.05) is 9.80 Å². The summed E-state index contributed by atoms with van der Waals surface area (Å²) >= 11 is 0. The Morgan fingerprint density at radius 3 is 1.25 bits per heavy atom. The van der Waals surface area contributed by atoms with Gasteiger partial charge in [0.1, 0.15) is 0 Å². The summed E-state index contributed by atoms with van der Waals surface area (Å²) in [5.41, 5.74) is 0. The second-order valence-corrected chi connectivity index (χ2v) is 8.70. The number of hydrogen-bond donors (Lipinski definition) is 0. The van der Waals surface area contributed by atoms with Crippen LogP contribution in [0.15, 0.2) is 0 Å². The lowest BCUT2D eigenvalue weighted by Gasteiger charge is -2.35. The zero-order valence-corrected chi connectivity index (χ0v) is 16.1. The van der Waals surface area contributed by atoms with Gasteiger partial charge in [0.05, 0.1) is 0 Å². The third-order valence-electron chi connectivity index (χ3n) is 5.47. The molecule has 2 aliphatic heterocycles. The lowest BCUT2D eigenvalue weighted by atomic mass is 9.91. The van der Waals surface area contributed by atoms with Gasteiger partial charge >= 0.3 is 0 Å². The van der Waals surface area contributed by atoms with E-state index in [4.69, 9.17) is 0 Å². The average Bonchev–Trinajstić information content (AvgIpc) is 2.49. The topological polar surface area (TPSA) is 40.6 Å². The predicted molar refractivity (Wildman–Crippen MR) is 97.5 cm³/mol. The van der Waals surface area contributed by atoms with Crippen molar-refractivity contribution in [1.82, 2.24) is 9.80 Å². The van der Waals surface area contributed by atoms with Crippen LogP contribution in [0.1, 0.15) is 66.2 Å². The normalized spacial score (nSPS) is 31.2. The van der Waals surface area contributed by atoms with Gasteiger partial charge in [-0.25, -0.2) is 0 Å². The van der Waals surface area contributed by atoms with Crippen molar-refractivity contribution in [2.24, 2.45) is 23.7 Å². The molecule has 0 saturated carbocycles. The van der Waals surface area contributed by atoms with Crippen molar-refractivity contribution in [2.45, 2.75) is 66.2 Å². The van der Waals surface area contributed by atoms with Crippen LogP contribution < -0.4 is 0 Å². The molecule has 0 aliphatic carbocycles. The summed E-state index contributed by atoms with van der Waals surface area (Å²) in [5.74, 6) is 3.01. The molecule has 24 heavy (non-hydrogen) atoms. The molecule has 0 N–H and O–H groups in total. The van der Waals surface area contributed by atoms with Crippen molar-refractivity contribution in [2.75, 3.05) is 26.2 Å². The molecular formula is C20H36N2O2. The molecule has 2 rings (SSSR count). The fraction of sp³-hybridized carbons (Fsp3) is 0.900. The van der Waals surface area contributed by atoms with Gasteiger partial charge in [-0.05, 0) is 49.4 Å². The number of carbonyl (C=O) groups is 2. The number of unbranched alkanes of at least 4 members (excludes halogenated alkanes) is 1. The highest BCUT2D eigenvalue weighted by Gasteiger charge is 2.26. The van der Waals surface area contributed by atoms with Gasteiger partial charge in [0.2, 0.25) is 11.8 Å². The third-order valence-corrected chi connectivity index (χ3v) is 5.47. The van der Waals surface area contributed by atoms with Crippen molar-refractivity contribution >= 4 is 11.8 Å². The maximum atomic E-state index is 12.4. The lowest BCUT2D eigenvalue weighted by Crippen LogP contribution is -2.43. The number of amides is 2. The Bertz CT molecular complexity index is 377. The lowest BCUT2D eigenvalue weighted by molar-refractivity contribution is -0.135. The molecule has 0 radical (unpaired) electrons. The minimum atomic E-state index is 0.279. The highest BCUT2D eigenvalue weighted by atomic mass is 16.2. The molecule has 4 nitrogen and oxygen atoms in total. The standard InChI is InChI=1S/C20H36N2O2/c1-15-9-16(2)12-21(11-15)19(23)7-5-6-8-20(24)22-13-17(3)10-18(4)14-22/h15-18H,5-14H2,1-4H3/t15-,16-,17-,18-/m1/s1. The van der Waals surface area contributed by atoms with Gasteiger partial charge in [-0.3, -0.25) is 9.59 Å². The summed E-state index contributed by atoms with van der Waals surface area (Å²) < 4.78 is 0. The molecule has 0 unspecified atom stereocenters. The summed E-state index contributed by atoms with van der Waals surface area (Å²) in [6, 6.07) is 0. The Hall–Kier alpha value is -1.06. The van der Waals surface area contributed by atoms with E-state index in [1.165, 1.54) is 12.8 Å². The van der Waals surface area contributed by atoms with Crippen LogP contribution in [-0.2, 0) is 9.59 Å². The van der Waals surface area contributed by atoms with Crippen molar-refractivity contribution in [3.05, 3.63) is 0 Å². The first kappa shape index (κ1) is 19.3. The van der Waals surface area contributed by atoms with Gasteiger partial charge in [-0.1, -0.05) is 27.7 Å². The van der Waals surface area contributed by atoms with Gasteiger partial charge in [0, 0.05) is 39.0 Å². The maximum Gasteiger partial charge on any atom is 0.222 e. The minimum Gasteiger partial charge on any atom is -0.342 e. The van der Waals surface area contributed by atoms with Gasteiger partial charge < -0.3 is 9.80 Å². The highest BCUT2D eigenvalue weighted by Crippen LogP contribution is 2.23. The fourth-order valence-corrected chi connectivity index (χ4v) is 4.60. The molecule has 0 aromatic carbocycles. The van der Waals surface area contributed by atoms with Crippen molar-refractivity contribution in [1.29, 1.82) is 0 Å². The highest BCUT2D eigenvalue weighted by molar-refractivity contribution is 5.77. The van der Waals surface area contributed by atoms with Crippen LogP contribution in [-0.4, -0.2) is 47.8 Å². The van der Waals surface area contributed by atoms with Gasteiger partial charge in [0.15, 0.2) is 0 Å². The monoisotopic (exact) mass is 336 g/mol. The van der Waals surface area contributed by atoms with E-state index in [0.717, 1.165) is 39.0 Å². The number of hydrogen-bond acceptors (Lipinski definition) is 2. The van der Waals surface area contributed by atoms with Crippen molar-refractivity contribution in [3.63, 3.8) is 0 Å². The molecule has 0 aromatic rings. The van der Waals surface area contributed by atoms with Crippen LogP contribution in [0.4, 0.5) is 0 Å². The van der Waals surface area contributed by atoms with Crippen LogP contribution in [0.3, 0.4) is 0 Å². The van der Waals surface area contributed by atoms with Crippen LogP contribution in [0.25, 0.3) is 0 Å². The maximum absolute atomic E-state index is 12.4. The molecule has 2 amide bonds. The second-order valence-electron chi connectivity index (χ2n) is 8.70. The van der Waals surface area contributed by atoms with E-state index in [-0.39, 0.29) is 11.8 Å². The van der Waals surface area contributed by atoms with Crippen molar-refractivity contribution < 1.29 is 9.59 Å². The Labute approximate surface area is 148 Å². The van der Waals surface area contributed by atoms with E-state index in [1.54, 1.807) is 0 Å². The number of carbonyl (C=O) groups excluding carboxylic acids is 2. The summed E-state index contributed by atoms with van der Waals surface area (Å²) in [5, 5.41) is 0. The minimum absolute atomic E-state index is 0.279. The average molecular weight is 337 g/mol. The molecule has 2 aliphatic rings. The molecule has 0 bridgehead atoms. The van der Waals surface area contributed by atoms with Crippen LogP contribution in [0.2, 0.25) is 0 Å². The van der Waals surface area contributed by atoms with E-state index < -0.39 is 0 Å². The first-order valence-electron chi connectivity index (χ1n) is 9.90. The van der Waals surface area contributed by atoms with Gasteiger partial charge in [0.25, 0.3) is 0 Å². The quantitative estimate of drug-likeness (QED) is 0.720. The van der Waals surface area contributed by atoms with E-state index in [2.05, 4.69) is 27.7 Å². The first-order valence-corrected chi connectivity index (χ1v) is 9.90. The summed E-state index contributed by atoms with van der Waals surface area (Å²) in [6.07, 6.45) is 5.32. The number of likely N-dealkylation sites (tertiary alicyclic amines) is 2. The Morgan fingerprint density at radius 2 is 0.958 bits per heavy atom. The van der Waals surface area contributed by atoms with E-state index in [0.29, 0.717) is 36.5 Å². The molecule has 2 heterocycles. The third kappa shape index (κ3) is 5.78. The van der Waals surface area contributed by atoms with Crippen LogP contribution in [0.5, 0.6) is 0 Å². The number of nitrogens with zero attached hydrogens (tertiary/aromatic N) is 2.